The molecule has 0 aromatic heterocycles. The van der Waals surface area contributed by atoms with Crippen LogP contribution in [0.3, 0.4) is 0 Å². The third-order valence-electron chi connectivity index (χ3n) is 5.12. The van der Waals surface area contributed by atoms with Gasteiger partial charge in [-0.1, -0.05) is 11.6 Å². The Balaban J connectivity index is 1.60. The Morgan fingerprint density at radius 2 is 2.07 bits per heavy atom. The molecule has 1 aromatic carbocycles. The molecule has 3 rings (SSSR count). The zero-order valence-electron chi connectivity index (χ0n) is 15.9. The summed E-state index contributed by atoms with van der Waals surface area (Å²) >= 11 is 5.89. The van der Waals surface area contributed by atoms with Crippen molar-refractivity contribution < 1.29 is 23.8 Å². The van der Waals surface area contributed by atoms with Crippen LogP contribution in [-0.4, -0.2) is 61.3 Å². The van der Waals surface area contributed by atoms with Gasteiger partial charge in [0, 0.05) is 24.6 Å². The lowest BCUT2D eigenvalue weighted by Crippen LogP contribution is -2.58. The highest BCUT2D eigenvalue weighted by Crippen LogP contribution is 2.26. The molecule has 8 heteroatoms. The number of benzene rings is 1. The molecule has 0 bridgehead atoms. The van der Waals surface area contributed by atoms with Crippen LogP contribution in [0.2, 0.25) is 5.02 Å². The number of morpholine rings is 1. The van der Waals surface area contributed by atoms with E-state index in [2.05, 4.69) is 0 Å². The summed E-state index contributed by atoms with van der Waals surface area (Å²) in [6.45, 7) is 2.00. The first-order valence-corrected chi connectivity index (χ1v) is 10.0. The zero-order valence-corrected chi connectivity index (χ0v) is 16.7. The van der Waals surface area contributed by atoms with Crippen molar-refractivity contribution in [2.45, 2.75) is 43.8 Å². The summed E-state index contributed by atoms with van der Waals surface area (Å²) in [5.41, 5.74) is 4.49. The molecule has 2 aliphatic rings. The summed E-state index contributed by atoms with van der Waals surface area (Å²) in [7, 11) is 0. The number of halogens is 1. The molecule has 2 atom stereocenters. The monoisotopic (exact) mass is 410 g/mol. The normalized spacial score (nSPS) is 24.9. The summed E-state index contributed by atoms with van der Waals surface area (Å²) in [4.78, 5) is 26.1. The van der Waals surface area contributed by atoms with Gasteiger partial charge in [0.25, 0.3) is 0 Å². The first-order valence-electron chi connectivity index (χ1n) is 9.66. The van der Waals surface area contributed by atoms with Crippen molar-refractivity contribution in [2.75, 3.05) is 32.9 Å². The summed E-state index contributed by atoms with van der Waals surface area (Å²) in [5.74, 6) is 0.158. The second kappa shape index (κ2) is 9.58. The fourth-order valence-electron chi connectivity index (χ4n) is 3.68. The van der Waals surface area contributed by atoms with Crippen LogP contribution in [0.25, 0.3) is 0 Å². The van der Waals surface area contributed by atoms with E-state index < -0.39 is 11.5 Å². The van der Waals surface area contributed by atoms with E-state index in [-0.39, 0.29) is 31.6 Å². The molecule has 0 saturated carbocycles. The second-order valence-electron chi connectivity index (χ2n) is 7.41. The summed E-state index contributed by atoms with van der Waals surface area (Å²) in [5, 5.41) is 0.608. The molecule has 2 saturated heterocycles. The van der Waals surface area contributed by atoms with Gasteiger partial charge >= 0.3 is 0 Å². The molecule has 28 heavy (non-hydrogen) atoms. The molecule has 0 aliphatic carbocycles. The van der Waals surface area contributed by atoms with Crippen molar-refractivity contribution in [3.8, 4) is 5.75 Å². The van der Waals surface area contributed by atoms with E-state index in [9.17, 15) is 9.59 Å². The van der Waals surface area contributed by atoms with E-state index in [0.29, 0.717) is 30.3 Å². The van der Waals surface area contributed by atoms with E-state index in [0.717, 1.165) is 25.9 Å². The van der Waals surface area contributed by atoms with Gasteiger partial charge in [-0.25, -0.2) is 0 Å². The topological polar surface area (TPSA) is 91.1 Å². The average molecular weight is 411 g/mol. The second-order valence-corrected chi connectivity index (χ2v) is 7.84. The van der Waals surface area contributed by atoms with Gasteiger partial charge in [-0.05, 0) is 43.5 Å². The van der Waals surface area contributed by atoms with Crippen LogP contribution in [0, 0.1) is 0 Å². The van der Waals surface area contributed by atoms with Gasteiger partial charge in [0.2, 0.25) is 11.8 Å². The minimum absolute atomic E-state index is 0.0178. The number of hydrogen-bond acceptors (Lipinski definition) is 5. The Morgan fingerprint density at radius 1 is 1.29 bits per heavy atom. The van der Waals surface area contributed by atoms with Crippen LogP contribution in [-0.2, 0) is 19.1 Å². The lowest BCUT2D eigenvalue weighted by atomic mass is 9.97. The Bertz CT molecular complexity index is 678. The Morgan fingerprint density at radius 3 is 2.75 bits per heavy atom. The van der Waals surface area contributed by atoms with Gasteiger partial charge in [0.05, 0.1) is 25.7 Å². The fourth-order valence-corrected chi connectivity index (χ4v) is 3.81. The lowest BCUT2D eigenvalue weighted by Gasteiger charge is -2.42. The predicted molar refractivity (Wildman–Crippen MR) is 104 cm³/mol. The maximum atomic E-state index is 12.7. The third-order valence-corrected chi connectivity index (χ3v) is 5.37. The molecule has 1 aromatic rings. The van der Waals surface area contributed by atoms with E-state index in [1.165, 1.54) is 0 Å². The minimum atomic E-state index is -0.955. The number of nitrogens with zero attached hydrogens (tertiary/aromatic N) is 1. The highest BCUT2D eigenvalue weighted by Gasteiger charge is 2.41. The summed E-state index contributed by atoms with van der Waals surface area (Å²) in [6, 6.07) is 6.93. The molecule has 0 spiro atoms. The number of hydrogen-bond donors (Lipinski definition) is 1. The van der Waals surface area contributed by atoms with Crippen LogP contribution in [0.5, 0.6) is 5.75 Å². The van der Waals surface area contributed by atoms with Gasteiger partial charge in [-0.2, -0.15) is 0 Å². The number of ether oxygens (including phenoxy) is 3. The molecule has 7 nitrogen and oxygen atoms in total. The quantitative estimate of drug-likeness (QED) is 0.709. The van der Waals surface area contributed by atoms with Gasteiger partial charge in [-0.3, -0.25) is 9.59 Å². The molecule has 2 fully saturated rings. The first kappa shape index (κ1) is 20.9. The number of amides is 2. The molecule has 154 valence electrons. The number of primary amides is 1. The van der Waals surface area contributed by atoms with Crippen molar-refractivity contribution >= 4 is 23.4 Å². The minimum Gasteiger partial charge on any atom is -0.490 e. The van der Waals surface area contributed by atoms with Gasteiger partial charge in [-0.15, -0.1) is 0 Å². The van der Waals surface area contributed by atoms with E-state index in [1.54, 1.807) is 29.2 Å². The van der Waals surface area contributed by atoms with Gasteiger partial charge in [0.15, 0.2) is 0 Å². The molecular formula is C20H27ClN2O5. The molecule has 0 unspecified atom stereocenters. The van der Waals surface area contributed by atoms with E-state index in [1.807, 2.05) is 0 Å². The molecule has 0 radical (unpaired) electrons. The Kier molecular flexibility index (Phi) is 7.15. The zero-order chi connectivity index (χ0) is 20.0. The van der Waals surface area contributed by atoms with Crippen LogP contribution in [0.15, 0.2) is 24.3 Å². The highest BCUT2D eigenvalue weighted by atomic mass is 35.5. The number of carbonyl (C=O) groups excluding carboxylic acids is 2. The summed E-state index contributed by atoms with van der Waals surface area (Å²) < 4.78 is 17.3. The van der Waals surface area contributed by atoms with E-state index >= 15 is 0 Å². The molecule has 2 heterocycles. The van der Waals surface area contributed by atoms with Gasteiger partial charge in [0.1, 0.15) is 18.0 Å². The van der Waals surface area contributed by atoms with Crippen molar-refractivity contribution in [3.63, 3.8) is 0 Å². The SMILES string of the molecule is NC(=O)C[C@]1(COc2ccc(Cl)cc2)CN(C(=O)CC[C@@H]2CCCO2)CCO1. The highest BCUT2D eigenvalue weighted by molar-refractivity contribution is 6.30. The molecular weight excluding hydrogens is 384 g/mol. The standard InChI is InChI=1S/C20H27ClN2O5/c21-15-3-5-17(6-4-15)27-14-20(12-18(22)24)13-23(9-11-28-20)19(25)8-7-16-2-1-10-26-16/h3-6,16H,1-2,7-14H2,(H2,22,24)/t16-,20+/m0/s1. The van der Waals surface area contributed by atoms with E-state index in [4.69, 9.17) is 31.5 Å². The maximum Gasteiger partial charge on any atom is 0.222 e. The average Bonchev–Trinajstić information content (AvgIpc) is 3.19. The smallest absolute Gasteiger partial charge is 0.222 e. The Labute approximate surface area is 170 Å². The Hall–Kier alpha value is -1.83. The van der Waals surface area contributed by atoms with Crippen LogP contribution in [0.1, 0.15) is 32.1 Å². The van der Waals surface area contributed by atoms with Gasteiger partial charge < -0.3 is 24.8 Å². The predicted octanol–water partition coefficient (Wildman–Crippen LogP) is 2.15. The van der Waals surface area contributed by atoms with Crippen molar-refractivity contribution in [3.05, 3.63) is 29.3 Å². The summed E-state index contributed by atoms with van der Waals surface area (Å²) in [6.07, 6.45) is 3.37. The molecule has 2 amide bonds. The van der Waals surface area contributed by atoms with Crippen LogP contribution < -0.4 is 10.5 Å². The largest absolute Gasteiger partial charge is 0.490 e. The third kappa shape index (κ3) is 5.83. The van der Waals surface area contributed by atoms with Crippen molar-refractivity contribution in [1.29, 1.82) is 0 Å². The number of carbonyl (C=O) groups is 2. The maximum absolute atomic E-state index is 12.7. The van der Waals surface area contributed by atoms with Crippen molar-refractivity contribution in [1.82, 2.24) is 4.90 Å². The van der Waals surface area contributed by atoms with Crippen molar-refractivity contribution in [2.24, 2.45) is 5.73 Å². The molecule has 2 aliphatic heterocycles. The lowest BCUT2D eigenvalue weighted by molar-refractivity contribution is -0.162. The molecule has 2 N–H and O–H groups in total. The fraction of sp³-hybridized carbons (Fsp3) is 0.600. The van der Waals surface area contributed by atoms with Crippen LogP contribution in [0.4, 0.5) is 0 Å². The van der Waals surface area contributed by atoms with Crippen LogP contribution >= 0.6 is 11.6 Å². The number of rotatable bonds is 8. The first-order chi connectivity index (χ1) is 13.5. The number of nitrogens with two attached hydrogens (primary N) is 1.